The highest BCUT2D eigenvalue weighted by Gasteiger charge is 2.47. The lowest BCUT2D eigenvalue weighted by molar-refractivity contribution is -0.329. The van der Waals surface area contributed by atoms with Gasteiger partial charge in [0.2, 0.25) is 5.91 Å². The standard InChI is InChI=1S/C35H46FN3O10/c1-24(32(41)44-2)39-31(40)15-14-28-21-30(47-34(43)37-18-16-25-10-12-26(36)13-11-25)22-35(48-28)17-6-9-29(49-35)23-46-33(42)38-19-20-45-27-7-4-3-5-8-27/h3-5,7-8,10-13,24,28-30H,6,9,14-23H2,1-2H3,(H,37,43)(H,38,42)(H,39,40)/t24-,28+,29+,30+,35-/m0/s1. The van der Waals surface area contributed by atoms with Crippen molar-refractivity contribution in [2.75, 3.05) is 33.4 Å². The van der Waals surface area contributed by atoms with Crippen LogP contribution in [0.25, 0.3) is 0 Å². The van der Waals surface area contributed by atoms with Crippen LogP contribution in [-0.4, -0.2) is 87.6 Å². The largest absolute Gasteiger partial charge is 0.492 e. The summed E-state index contributed by atoms with van der Waals surface area (Å²) in [7, 11) is 1.25. The van der Waals surface area contributed by atoms with E-state index in [2.05, 4.69) is 20.7 Å². The normalized spacial score (nSPS) is 22.3. The van der Waals surface area contributed by atoms with Crippen LogP contribution in [0.5, 0.6) is 5.75 Å². The molecule has 2 aliphatic heterocycles. The van der Waals surface area contributed by atoms with Crippen molar-refractivity contribution in [3.05, 3.63) is 66.0 Å². The number of nitrogens with one attached hydrogen (secondary N) is 3. The van der Waals surface area contributed by atoms with Crippen molar-refractivity contribution >= 4 is 24.1 Å². The summed E-state index contributed by atoms with van der Waals surface area (Å²) in [5.41, 5.74) is 0.865. The van der Waals surface area contributed by atoms with Crippen molar-refractivity contribution in [1.29, 1.82) is 0 Å². The highest BCUT2D eigenvalue weighted by Crippen LogP contribution is 2.41. The minimum absolute atomic E-state index is 0.00955. The zero-order valence-corrected chi connectivity index (χ0v) is 28.0. The average molecular weight is 688 g/mol. The summed E-state index contributed by atoms with van der Waals surface area (Å²) in [6.45, 7) is 2.34. The number of methoxy groups -OCH3 is 1. The number of para-hydroxylation sites is 1. The van der Waals surface area contributed by atoms with E-state index < -0.39 is 48.3 Å². The quantitative estimate of drug-likeness (QED) is 0.141. The molecule has 2 saturated heterocycles. The Morgan fingerprint density at radius 2 is 1.71 bits per heavy atom. The molecule has 2 heterocycles. The van der Waals surface area contributed by atoms with Gasteiger partial charge in [-0.05, 0) is 62.4 Å². The summed E-state index contributed by atoms with van der Waals surface area (Å²) in [4.78, 5) is 49.4. The third-order valence-corrected chi connectivity index (χ3v) is 8.19. The number of esters is 1. The van der Waals surface area contributed by atoms with Crippen molar-refractivity contribution in [3.63, 3.8) is 0 Å². The van der Waals surface area contributed by atoms with E-state index in [0.717, 1.165) is 5.56 Å². The molecule has 1 spiro atoms. The van der Waals surface area contributed by atoms with E-state index in [1.165, 1.54) is 26.2 Å². The van der Waals surface area contributed by atoms with Crippen LogP contribution in [0, 0.1) is 5.82 Å². The minimum atomic E-state index is -1.12. The molecule has 3 N–H and O–H groups in total. The molecule has 4 rings (SSSR count). The average Bonchev–Trinajstić information content (AvgIpc) is 3.09. The molecule has 0 bridgehead atoms. The van der Waals surface area contributed by atoms with Crippen LogP contribution in [0.15, 0.2) is 54.6 Å². The molecule has 2 aliphatic rings. The second-order valence-corrected chi connectivity index (χ2v) is 12.1. The van der Waals surface area contributed by atoms with Crippen molar-refractivity contribution in [3.8, 4) is 5.75 Å². The zero-order valence-electron chi connectivity index (χ0n) is 28.0. The van der Waals surface area contributed by atoms with Gasteiger partial charge >= 0.3 is 18.2 Å². The number of carbonyl (C=O) groups excluding carboxylic acids is 4. The first kappa shape index (κ1) is 37.4. The Morgan fingerprint density at radius 3 is 2.47 bits per heavy atom. The van der Waals surface area contributed by atoms with E-state index in [4.69, 9.17) is 23.7 Å². The van der Waals surface area contributed by atoms with Crippen LogP contribution in [0.2, 0.25) is 0 Å². The van der Waals surface area contributed by atoms with Crippen LogP contribution in [0.4, 0.5) is 14.0 Å². The lowest BCUT2D eigenvalue weighted by Gasteiger charge is -2.47. The third-order valence-electron chi connectivity index (χ3n) is 8.19. The Kier molecular flexibility index (Phi) is 14.5. The van der Waals surface area contributed by atoms with Crippen molar-refractivity contribution in [2.45, 2.75) is 88.4 Å². The maximum atomic E-state index is 13.2. The number of alkyl carbamates (subject to hydrolysis) is 2. The van der Waals surface area contributed by atoms with Gasteiger partial charge in [-0.3, -0.25) is 4.79 Å². The maximum Gasteiger partial charge on any atom is 0.407 e. The number of benzene rings is 2. The highest BCUT2D eigenvalue weighted by atomic mass is 19.1. The molecule has 3 amide bonds. The molecule has 0 aromatic heterocycles. The van der Waals surface area contributed by atoms with Crippen LogP contribution >= 0.6 is 0 Å². The maximum absolute atomic E-state index is 13.2. The van der Waals surface area contributed by atoms with Crippen LogP contribution in [0.3, 0.4) is 0 Å². The molecule has 0 aliphatic carbocycles. The molecular formula is C35H46FN3O10. The van der Waals surface area contributed by atoms with Crippen LogP contribution < -0.4 is 20.7 Å². The fraction of sp³-hybridized carbons (Fsp3) is 0.543. The molecule has 2 fully saturated rings. The van der Waals surface area contributed by atoms with E-state index in [1.54, 1.807) is 12.1 Å². The van der Waals surface area contributed by atoms with Crippen molar-refractivity contribution < 1.29 is 52.0 Å². The van der Waals surface area contributed by atoms with E-state index in [-0.39, 0.29) is 57.3 Å². The summed E-state index contributed by atoms with van der Waals surface area (Å²) < 4.78 is 47.5. The summed E-state index contributed by atoms with van der Waals surface area (Å²) in [6, 6.07) is 14.5. The number of hydrogen-bond acceptors (Lipinski definition) is 10. The predicted molar refractivity (Wildman–Crippen MR) is 174 cm³/mol. The first-order valence-corrected chi connectivity index (χ1v) is 16.6. The number of hydrogen-bond donors (Lipinski definition) is 3. The number of amides is 3. The molecule has 5 atom stereocenters. The van der Waals surface area contributed by atoms with Gasteiger partial charge in [0.05, 0.1) is 25.9 Å². The van der Waals surface area contributed by atoms with Crippen LogP contribution in [-0.2, 0) is 39.7 Å². The third kappa shape index (κ3) is 12.8. The molecule has 14 heteroatoms. The molecule has 0 unspecified atom stereocenters. The second kappa shape index (κ2) is 18.9. The fourth-order valence-corrected chi connectivity index (χ4v) is 5.82. The van der Waals surface area contributed by atoms with Crippen LogP contribution in [0.1, 0.15) is 57.4 Å². The van der Waals surface area contributed by atoms with Gasteiger partial charge < -0.3 is 44.4 Å². The number of halogens is 1. The van der Waals surface area contributed by atoms with E-state index >= 15 is 0 Å². The van der Waals surface area contributed by atoms with Crippen molar-refractivity contribution in [2.24, 2.45) is 0 Å². The fourth-order valence-electron chi connectivity index (χ4n) is 5.82. The molecule has 0 saturated carbocycles. The highest BCUT2D eigenvalue weighted by molar-refractivity contribution is 5.84. The smallest absolute Gasteiger partial charge is 0.407 e. The molecule has 49 heavy (non-hydrogen) atoms. The van der Waals surface area contributed by atoms with Gasteiger partial charge in [0.1, 0.15) is 36.9 Å². The topological polar surface area (TPSA) is 160 Å². The summed E-state index contributed by atoms with van der Waals surface area (Å²) in [5.74, 6) is -1.66. The molecular weight excluding hydrogens is 641 g/mol. The van der Waals surface area contributed by atoms with Gasteiger partial charge in [-0.15, -0.1) is 0 Å². The molecule has 13 nitrogen and oxygen atoms in total. The van der Waals surface area contributed by atoms with Crippen molar-refractivity contribution in [1.82, 2.24) is 16.0 Å². The van der Waals surface area contributed by atoms with E-state index in [9.17, 15) is 23.6 Å². The first-order chi connectivity index (χ1) is 23.6. The Balaban J connectivity index is 1.29. The lowest BCUT2D eigenvalue weighted by atomic mass is 9.90. The Hall–Kier alpha value is -4.43. The predicted octanol–water partition coefficient (Wildman–Crippen LogP) is 4.17. The van der Waals surface area contributed by atoms with Gasteiger partial charge in [0, 0.05) is 32.2 Å². The second-order valence-electron chi connectivity index (χ2n) is 12.1. The lowest BCUT2D eigenvalue weighted by Crippen LogP contribution is -2.54. The molecule has 2 aromatic carbocycles. The number of rotatable bonds is 15. The van der Waals surface area contributed by atoms with E-state index in [0.29, 0.717) is 37.9 Å². The minimum Gasteiger partial charge on any atom is -0.492 e. The first-order valence-electron chi connectivity index (χ1n) is 16.6. The van der Waals surface area contributed by atoms with Gasteiger partial charge in [0.25, 0.3) is 0 Å². The van der Waals surface area contributed by atoms with Gasteiger partial charge in [-0.2, -0.15) is 0 Å². The monoisotopic (exact) mass is 687 g/mol. The summed E-state index contributed by atoms with van der Waals surface area (Å²) in [6.07, 6.45) is 0.484. The number of ether oxygens (including phenoxy) is 6. The molecule has 2 aromatic rings. The summed E-state index contributed by atoms with van der Waals surface area (Å²) in [5, 5.41) is 8.01. The Labute approximate surface area is 285 Å². The zero-order chi connectivity index (χ0) is 35.1. The van der Waals surface area contributed by atoms with E-state index in [1.807, 2.05) is 30.3 Å². The summed E-state index contributed by atoms with van der Waals surface area (Å²) >= 11 is 0. The van der Waals surface area contributed by atoms with Gasteiger partial charge in [-0.1, -0.05) is 30.3 Å². The van der Waals surface area contributed by atoms with Gasteiger partial charge in [-0.25, -0.2) is 18.8 Å². The Bertz CT molecular complexity index is 1370. The van der Waals surface area contributed by atoms with Gasteiger partial charge in [0.15, 0.2) is 5.79 Å². The Morgan fingerprint density at radius 1 is 0.980 bits per heavy atom. The molecule has 0 radical (unpaired) electrons. The SMILES string of the molecule is COC(=O)[C@H](C)NC(=O)CC[C@@H]1C[C@@H](OC(=O)NCCc2ccc(F)cc2)C[C@@]2(CCC[C@H](COC(=O)NCCOc3ccccc3)O2)O1. The number of carbonyl (C=O) groups is 4. The molecule has 268 valence electrons.